The molecule has 1 N–H and O–H groups in total. The number of aromatic nitrogens is 2. The number of hydrazone groups is 1. The predicted molar refractivity (Wildman–Crippen MR) is 99.3 cm³/mol. The normalized spacial score (nSPS) is 18.4. The van der Waals surface area contributed by atoms with Crippen LogP contribution >= 0.6 is 0 Å². The molecule has 2 aromatic rings. The second kappa shape index (κ2) is 7.89. The number of hydrogen-bond acceptors (Lipinski definition) is 9. The van der Waals surface area contributed by atoms with Crippen molar-refractivity contribution in [2.24, 2.45) is 5.10 Å². The molecule has 2 aliphatic heterocycles. The number of rotatable bonds is 4. The van der Waals surface area contributed by atoms with E-state index >= 15 is 0 Å². The highest BCUT2D eigenvalue weighted by molar-refractivity contribution is 5.97. The van der Waals surface area contributed by atoms with Crippen LogP contribution in [0.3, 0.4) is 0 Å². The first kappa shape index (κ1) is 17.7. The number of amides is 1. The minimum atomic E-state index is -0.162. The highest BCUT2D eigenvalue weighted by Gasteiger charge is 2.26. The standard InChI is InChI=1S/C17H22N6O4/c1-2-18-21-17-19-12-11-13(16(24)23-5-9-26-10-6-23)27-14(12)15(20-17)22-3-7-25-8-4-22/h2,11H,3-10H2,1H3,(H,19,20,21)/b18-2+. The molecule has 0 spiro atoms. The molecule has 0 bridgehead atoms. The quantitative estimate of drug-likeness (QED) is 0.623. The molecule has 4 heterocycles. The van der Waals surface area contributed by atoms with E-state index in [1.54, 1.807) is 24.1 Å². The van der Waals surface area contributed by atoms with Crippen LogP contribution in [-0.2, 0) is 9.47 Å². The van der Waals surface area contributed by atoms with Gasteiger partial charge in [-0.25, -0.2) is 10.4 Å². The van der Waals surface area contributed by atoms with Gasteiger partial charge < -0.3 is 23.7 Å². The van der Waals surface area contributed by atoms with Gasteiger partial charge >= 0.3 is 0 Å². The van der Waals surface area contributed by atoms with E-state index in [0.717, 1.165) is 0 Å². The number of anilines is 2. The number of fused-ring (bicyclic) bond motifs is 1. The Hall–Kier alpha value is -2.72. The molecule has 0 saturated carbocycles. The van der Waals surface area contributed by atoms with E-state index in [1.807, 2.05) is 0 Å². The van der Waals surface area contributed by atoms with E-state index in [4.69, 9.17) is 13.9 Å². The van der Waals surface area contributed by atoms with Crippen molar-refractivity contribution in [3.63, 3.8) is 0 Å². The van der Waals surface area contributed by atoms with Crippen LogP contribution in [0.4, 0.5) is 11.8 Å². The highest BCUT2D eigenvalue weighted by atomic mass is 16.5. The van der Waals surface area contributed by atoms with E-state index in [-0.39, 0.29) is 11.7 Å². The average molecular weight is 374 g/mol. The van der Waals surface area contributed by atoms with Crippen molar-refractivity contribution in [1.29, 1.82) is 0 Å². The van der Waals surface area contributed by atoms with E-state index in [2.05, 4.69) is 25.4 Å². The number of furan rings is 1. The molecule has 2 fully saturated rings. The Bertz CT molecular complexity index is 839. The number of hydrogen-bond donors (Lipinski definition) is 1. The summed E-state index contributed by atoms with van der Waals surface area (Å²) in [6.07, 6.45) is 1.62. The van der Waals surface area contributed by atoms with Crippen LogP contribution in [-0.4, -0.2) is 79.6 Å². The van der Waals surface area contributed by atoms with Crippen LogP contribution in [0.15, 0.2) is 15.6 Å². The van der Waals surface area contributed by atoms with E-state index in [1.165, 1.54) is 0 Å². The lowest BCUT2D eigenvalue weighted by Gasteiger charge is -2.27. The molecule has 10 heteroatoms. The van der Waals surface area contributed by atoms with Crippen molar-refractivity contribution in [1.82, 2.24) is 14.9 Å². The van der Waals surface area contributed by atoms with Crippen LogP contribution in [0.25, 0.3) is 11.1 Å². The number of morpholine rings is 2. The molecule has 2 aromatic heterocycles. The Morgan fingerprint density at radius 3 is 2.56 bits per heavy atom. The molecule has 0 aliphatic carbocycles. The van der Waals surface area contributed by atoms with Gasteiger partial charge in [0.05, 0.1) is 26.4 Å². The van der Waals surface area contributed by atoms with Gasteiger partial charge in [-0.15, -0.1) is 0 Å². The fourth-order valence-electron chi connectivity index (χ4n) is 3.10. The number of nitrogens with zero attached hydrogens (tertiary/aromatic N) is 5. The van der Waals surface area contributed by atoms with Crippen molar-refractivity contribution >= 4 is 35.0 Å². The highest BCUT2D eigenvalue weighted by Crippen LogP contribution is 2.29. The minimum absolute atomic E-state index is 0.162. The summed E-state index contributed by atoms with van der Waals surface area (Å²) in [5.41, 5.74) is 3.87. The molecule has 1 amide bonds. The third-order valence-electron chi connectivity index (χ3n) is 4.47. The smallest absolute Gasteiger partial charge is 0.289 e. The molecule has 0 atom stereocenters. The summed E-state index contributed by atoms with van der Waals surface area (Å²) in [4.78, 5) is 25.5. The van der Waals surface area contributed by atoms with E-state index in [0.29, 0.717) is 75.5 Å². The molecular weight excluding hydrogens is 352 g/mol. The fourth-order valence-corrected chi connectivity index (χ4v) is 3.10. The Kier molecular flexibility index (Phi) is 5.16. The lowest BCUT2D eigenvalue weighted by Crippen LogP contribution is -2.40. The third-order valence-corrected chi connectivity index (χ3v) is 4.47. The zero-order valence-corrected chi connectivity index (χ0v) is 15.2. The number of ether oxygens (including phenoxy) is 2. The monoisotopic (exact) mass is 374 g/mol. The maximum Gasteiger partial charge on any atom is 0.289 e. The van der Waals surface area contributed by atoms with Gasteiger partial charge in [-0.2, -0.15) is 10.1 Å². The van der Waals surface area contributed by atoms with Crippen molar-refractivity contribution in [2.45, 2.75) is 6.92 Å². The maximum atomic E-state index is 12.8. The first-order valence-electron chi connectivity index (χ1n) is 9.01. The van der Waals surface area contributed by atoms with Gasteiger partial charge in [0, 0.05) is 38.5 Å². The molecule has 4 rings (SSSR count). The number of carbonyl (C=O) groups excluding carboxylic acids is 1. The van der Waals surface area contributed by atoms with E-state index in [9.17, 15) is 4.79 Å². The molecule has 0 aromatic carbocycles. The zero-order valence-electron chi connectivity index (χ0n) is 15.2. The molecule has 27 heavy (non-hydrogen) atoms. The summed E-state index contributed by atoms with van der Waals surface area (Å²) in [7, 11) is 0. The van der Waals surface area contributed by atoms with Crippen molar-refractivity contribution < 1.29 is 18.7 Å². The molecule has 0 unspecified atom stereocenters. The predicted octanol–water partition coefficient (Wildman–Crippen LogP) is 0.949. The first-order valence-corrected chi connectivity index (χ1v) is 9.01. The van der Waals surface area contributed by atoms with Gasteiger partial charge in [0.2, 0.25) is 5.95 Å². The van der Waals surface area contributed by atoms with Gasteiger partial charge in [-0.3, -0.25) is 4.79 Å². The van der Waals surface area contributed by atoms with Gasteiger partial charge in [0.25, 0.3) is 5.91 Å². The number of carbonyl (C=O) groups is 1. The Labute approximate surface area is 156 Å². The second-order valence-electron chi connectivity index (χ2n) is 6.20. The Balaban J connectivity index is 1.71. The molecule has 144 valence electrons. The second-order valence-corrected chi connectivity index (χ2v) is 6.20. The summed E-state index contributed by atoms with van der Waals surface area (Å²) in [5.74, 6) is 1.09. The fraction of sp³-hybridized carbons (Fsp3) is 0.529. The third kappa shape index (κ3) is 3.71. The summed E-state index contributed by atoms with van der Waals surface area (Å²) in [6, 6.07) is 1.67. The van der Waals surface area contributed by atoms with Gasteiger partial charge in [-0.1, -0.05) is 0 Å². The van der Waals surface area contributed by atoms with Crippen molar-refractivity contribution in [3.8, 4) is 0 Å². The topological polar surface area (TPSA) is 105 Å². The average Bonchev–Trinajstić information content (AvgIpc) is 3.16. The SMILES string of the molecule is C/C=N/Nc1nc(N2CCOCC2)c2oc(C(=O)N3CCOCC3)cc2n1. The Morgan fingerprint density at radius 1 is 1.15 bits per heavy atom. The van der Waals surface area contributed by atoms with Crippen molar-refractivity contribution in [2.75, 3.05) is 62.9 Å². The summed E-state index contributed by atoms with van der Waals surface area (Å²) in [6.45, 7) is 6.58. The van der Waals surface area contributed by atoms with Gasteiger partial charge in [-0.05, 0) is 6.92 Å². The van der Waals surface area contributed by atoms with Gasteiger partial charge in [0.1, 0.15) is 5.52 Å². The maximum absolute atomic E-state index is 12.8. The van der Waals surface area contributed by atoms with Crippen LogP contribution in [0.5, 0.6) is 0 Å². The van der Waals surface area contributed by atoms with Crippen LogP contribution in [0, 0.1) is 0 Å². The summed E-state index contributed by atoms with van der Waals surface area (Å²) < 4.78 is 16.7. The number of nitrogens with one attached hydrogen (secondary N) is 1. The summed E-state index contributed by atoms with van der Waals surface area (Å²) in [5, 5.41) is 3.99. The minimum Gasteiger partial charge on any atom is -0.445 e. The van der Waals surface area contributed by atoms with Gasteiger partial charge in [0.15, 0.2) is 17.2 Å². The molecule has 0 radical (unpaired) electrons. The van der Waals surface area contributed by atoms with Crippen molar-refractivity contribution in [3.05, 3.63) is 11.8 Å². The lowest BCUT2D eigenvalue weighted by atomic mass is 10.3. The molecule has 2 saturated heterocycles. The Morgan fingerprint density at radius 2 is 1.85 bits per heavy atom. The molecular formula is C17H22N6O4. The lowest BCUT2D eigenvalue weighted by molar-refractivity contribution is 0.0284. The zero-order chi connectivity index (χ0) is 18.6. The largest absolute Gasteiger partial charge is 0.445 e. The molecule has 2 aliphatic rings. The summed E-state index contributed by atoms with van der Waals surface area (Å²) >= 11 is 0. The molecule has 10 nitrogen and oxygen atoms in total. The first-order chi connectivity index (χ1) is 13.3. The van der Waals surface area contributed by atoms with E-state index < -0.39 is 0 Å². The van der Waals surface area contributed by atoms with Crippen LogP contribution in [0.1, 0.15) is 17.5 Å². The van der Waals surface area contributed by atoms with Crippen LogP contribution in [0.2, 0.25) is 0 Å². The van der Waals surface area contributed by atoms with Crippen LogP contribution < -0.4 is 10.3 Å².